The molecular formula is C28H27N5O. The smallest absolute Gasteiger partial charge is 0.246 e. The van der Waals surface area contributed by atoms with Crippen LogP contribution < -0.4 is 5.32 Å². The summed E-state index contributed by atoms with van der Waals surface area (Å²) in [4.78, 5) is 19.1. The van der Waals surface area contributed by atoms with Gasteiger partial charge >= 0.3 is 0 Å². The summed E-state index contributed by atoms with van der Waals surface area (Å²) in [6.45, 7) is 2.10. The van der Waals surface area contributed by atoms with E-state index in [4.69, 9.17) is 5.10 Å². The number of anilines is 1. The van der Waals surface area contributed by atoms with Crippen molar-refractivity contribution in [1.82, 2.24) is 19.7 Å². The first-order valence-corrected chi connectivity index (χ1v) is 11.5. The second-order valence-electron chi connectivity index (χ2n) is 8.47. The first-order valence-electron chi connectivity index (χ1n) is 11.5. The molecule has 3 heterocycles. The molecule has 4 aromatic rings. The molecule has 1 N–H and O–H groups in total. The Morgan fingerprint density at radius 3 is 2.59 bits per heavy atom. The Morgan fingerprint density at radius 2 is 1.82 bits per heavy atom. The van der Waals surface area contributed by atoms with E-state index in [0.717, 1.165) is 35.5 Å². The van der Waals surface area contributed by atoms with Crippen LogP contribution in [0.15, 0.2) is 97.5 Å². The van der Waals surface area contributed by atoms with Gasteiger partial charge in [0.1, 0.15) is 5.69 Å². The average molecular weight is 450 g/mol. The highest BCUT2D eigenvalue weighted by atomic mass is 16.2. The summed E-state index contributed by atoms with van der Waals surface area (Å²) in [5.41, 5.74) is 4.90. The van der Waals surface area contributed by atoms with E-state index in [1.807, 2.05) is 70.4 Å². The second kappa shape index (κ2) is 10.2. The number of carbonyl (C=O) groups excluding carboxylic acids is 1. The van der Waals surface area contributed by atoms with Gasteiger partial charge in [-0.25, -0.2) is 0 Å². The number of benzene rings is 2. The Bertz CT molecular complexity index is 1250. The van der Waals surface area contributed by atoms with Crippen LogP contribution in [-0.2, 0) is 11.3 Å². The summed E-state index contributed by atoms with van der Waals surface area (Å²) in [5, 5.41) is 8.32. The lowest BCUT2D eigenvalue weighted by Crippen LogP contribution is -2.30. The van der Waals surface area contributed by atoms with Crippen LogP contribution in [-0.4, -0.2) is 44.7 Å². The highest BCUT2D eigenvalue weighted by molar-refractivity contribution is 5.93. The minimum absolute atomic E-state index is 0.0188. The lowest BCUT2D eigenvalue weighted by molar-refractivity contribution is -0.124. The molecular weight excluding hydrogens is 422 g/mol. The van der Waals surface area contributed by atoms with Gasteiger partial charge in [0.15, 0.2) is 0 Å². The van der Waals surface area contributed by atoms with E-state index in [1.165, 1.54) is 5.56 Å². The van der Waals surface area contributed by atoms with Gasteiger partial charge in [0.05, 0.1) is 6.54 Å². The molecule has 0 spiro atoms. The summed E-state index contributed by atoms with van der Waals surface area (Å²) in [5.74, 6) is 0.0188. The van der Waals surface area contributed by atoms with Crippen molar-refractivity contribution in [3.63, 3.8) is 0 Å². The highest BCUT2D eigenvalue weighted by Crippen LogP contribution is 2.23. The van der Waals surface area contributed by atoms with Crippen molar-refractivity contribution in [2.45, 2.75) is 19.0 Å². The maximum atomic E-state index is 12.9. The molecule has 0 radical (unpaired) electrons. The van der Waals surface area contributed by atoms with Gasteiger partial charge in [0.25, 0.3) is 0 Å². The van der Waals surface area contributed by atoms with Crippen molar-refractivity contribution < 1.29 is 4.79 Å². The number of aromatic nitrogens is 3. The number of likely N-dealkylation sites (tertiary alicyclic amines) is 1. The Morgan fingerprint density at radius 1 is 1.03 bits per heavy atom. The van der Waals surface area contributed by atoms with E-state index in [1.54, 1.807) is 18.5 Å². The Labute approximate surface area is 199 Å². The molecule has 34 heavy (non-hydrogen) atoms. The molecule has 6 nitrogen and oxygen atoms in total. The molecule has 2 aromatic carbocycles. The molecule has 1 aliphatic rings. The Kier molecular flexibility index (Phi) is 6.47. The van der Waals surface area contributed by atoms with E-state index in [2.05, 4.69) is 34.6 Å². The van der Waals surface area contributed by atoms with Gasteiger partial charge in [-0.2, -0.15) is 5.10 Å². The molecule has 170 valence electrons. The third-order valence-corrected chi connectivity index (χ3v) is 5.96. The summed E-state index contributed by atoms with van der Waals surface area (Å²) >= 11 is 0. The number of amides is 1. The first kappa shape index (κ1) is 21.6. The number of rotatable bonds is 7. The van der Waals surface area contributed by atoms with Crippen LogP contribution in [0.2, 0.25) is 0 Å². The largest absolute Gasteiger partial charge is 0.380 e. The van der Waals surface area contributed by atoms with E-state index >= 15 is 0 Å². The topological polar surface area (TPSA) is 63.1 Å². The number of hydrogen-bond acceptors (Lipinski definition) is 4. The average Bonchev–Trinajstić information content (AvgIpc) is 3.51. The van der Waals surface area contributed by atoms with Crippen molar-refractivity contribution in [2.75, 3.05) is 18.4 Å². The number of nitrogens with one attached hydrogen (secondary N) is 1. The fourth-order valence-corrected chi connectivity index (χ4v) is 4.25. The Balaban J connectivity index is 1.30. The summed E-state index contributed by atoms with van der Waals surface area (Å²) in [6, 6.07) is 24.5. The van der Waals surface area contributed by atoms with Crippen LogP contribution in [0.1, 0.15) is 17.5 Å². The van der Waals surface area contributed by atoms with E-state index < -0.39 is 0 Å². The predicted octanol–water partition coefficient (Wildman–Crippen LogP) is 4.72. The van der Waals surface area contributed by atoms with Crippen LogP contribution in [0, 0.1) is 0 Å². The first-order chi connectivity index (χ1) is 16.7. The molecule has 1 saturated heterocycles. The monoisotopic (exact) mass is 449 g/mol. The number of nitrogens with zero attached hydrogens (tertiary/aromatic N) is 4. The molecule has 2 aromatic heterocycles. The molecule has 5 rings (SSSR count). The maximum Gasteiger partial charge on any atom is 0.246 e. The van der Waals surface area contributed by atoms with Gasteiger partial charge < -0.3 is 10.2 Å². The predicted molar refractivity (Wildman–Crippen MR) is 135 cm³/mol. The summed E-state index contributed by atoms with van der Waals surface area (Å²) in [6.07, 6.45) is 10.0. The van der Waals surface area contributed by atoms with Crippen molar-refractivity contribution in [3.05, 3.63) is 109 Å². The molecule has 1 fully saturated rings. The van der Waals surface area contributed by atoms with E-state index in [9.17, 15) is 4.79 Å². The molecule has 0 bridgehead atoms. The SMILES string of the molecule is O=C(/C=C/c1cn(Cc2ccccc2)nc1-c1cccnc1)N1CCC(Nc2ccccc2)C1. The van der Waals surface area contributed by atoms with Crippen molar-refractivity contribution in [2.24, 2.45) is 0 Å². The molecule has 0 saturated carbocycles. The van der Waals surface area contributed by atoms with Crippen LogP contribution in [0.4, 0.5) is 5.69 Å². The fourth-order valence-electron chi connectivity index (χ4n) is 4.25. The lowest BCUT2D eigenvalue weighted by Gasteiger charge is -2.16. The van der Waals surface area contributed by atoms with Gasteiger partial charge in [0, 0.05) is 60.6 Å². The van der Waals surface area contributed by atoms with Crippen molar-refractivity contribution in [1.29, 1.82) is 0 Å². The molecule has 6 heteroatoms. The number of hydrogen-bond donors (Lipinski definition) is 1. The quantitative estimate of drug-likeness (QED) is 0.415. The molecule has 1 amide bonds. The van der Waals surface area contributed by atoms with Crippen molar-refractivity contribution >= 4 is 17.7 Å². The van der Waals surface area contributed by atoms with Crippen LogP contribution >= 0.6 is 0 Å². The fraction of sp³-hybridized carbons (Fsp3) is 0.179. The number of carbonyl (C=O) groups is 1. The third-order valence-electron chi connectivity index (χ3n) is 5.96. The van der Waals surface area contributed by atoms with Crippen molar-refractivity contribution in [3.8, 4) is 11.3 Å². The zero-order valence-electron chi connectivity index (χ0n) is 18.9. The van der Waals surface area contributed by atoms with Gasteiger partial charge in [-0.1, -0.05) is 48.5 Å². The molecule has 1 atom stereocenters. The van der Waals surface area contributed by atoms with E-state index in [0.29, 0.717) is 13.1 Å². The van der Waals surface area contributed by atoms with Gasteiger partial charge in [-0.3, -0.25) is 14.5 Å². The second-order valence-corrected chi connectivity index (χ2v) is 8.47. The number of para-hydroxylation sites is 1. The zero-order valence-corrected chi connectivity index (χ0v) is 18.9. The van der Waals surface area contributed by atoms with Crippen LogP contribution in [0.3, 0.4) is 0 Å². The zero-order chi connectivity index (χ0) is 23.2. The van der Waals surface area contributed by atoms with Crippen LogP contribution in [0.25, 0.3) is 17.3 Å². The Hall–Kier alpha value is -4.19. The highest BCUT2D eigenvalue weighted by Gasteiger charge is 2.25. The minimum Gasteiger partial charge on any atom is -0.380 e. The standard InChI is InChI=1S/C28H27N5O/c34-27(32-17-15-26(21-32)30-25-11-5-2-6-12-25)14-13-24-20-33(19-22-8-3-1-4-9-22)31-28(24)23-10-7-16-29-18-23/h1-14,16,18,20,26,30H,15,17,19,21H2/b14-13+. The maximum absolute atomic E-state index is 12.9. The van der Waals surface area contributed by atoms with Gasteiger partial charge in [-0.05, 0) is 42.3 Å². The van der Waals surface area contributed by atoms with Gasteiger partial charge in [-0.15, -0.1) is 0 Å². The lowest BCUT2D eigenvalue weighted by atomic mass is 10.1. The summed E-state index contributed by atoms with van der Waals surface area (Å²) in [7, 11) is 0. The number of pyridine rings is 1. The molecule has 1 aliphatic heterocycles. The third kappa shape index (κ3) is 5.23. The van der Waals surface area contributed by atoms with Crippen LogP contribution in [0.5, 0.6) is 0 Å². The minimum atomic E-state index is 0.0188. The normalized spacial score (nSPS) is 15.6. The molecule has 1 unspecified atom stereocenters. The molecule has 0 aliphatic carbocycles. The van der Waals surface area contributed by atoms with E-state index in [-0.39, 0.29) is 11.9 Å². The summed E-state index contributed by atoms with van der Waals surface area (Å²) < 4.78 is 1.91. The van der Waals surface area contributed by atoms with Gasteiger partial charge in [0.2, 0.25) is 5.91 Å².